The van der Waals surface area contributed by atoms with Crippen LogP contribution in [0.2, 0.25) is 10.0 Å². The molecule has 0 fully saturated rings. The van der Waals surface area contributed by atoms with Crippen LogP contribution in [0.4, 0.5) is 0 Å². The van der Waals surface area contributed by atoms with Crippen LogP contribution in [0.3, 0.4) is 0 Å². The van der Waals surface area contributed by atoms with Crippen LogP contribution in [0.5, 0.6) is 0 Å². The molecule has 0 aliphatic carbocycles. The van der Waals surface area contributed by atoms with Gasteiger partial charge in [0.2, 0.25) is 5.91 Å². The lowest BCUT2D eigenvalue weighted by molar-refractivity contribution is -0.147. The number of aromatic nitrogens is 2. The monoisotopic (exact) mass is 397 g/mol. The summed E-state index contributed by atoms with van der Waals surface area (Å²) in [6.45, 7) is 6.84. The van der Waals surface area contributed by atoms with Gasteiger partial charge in [-0.15, -0.1) is 0 Å². The molecule has 2 unspecified atom stereocenters. The molecule has 0 aliphatic rings. The van der Waals surface area contributed by atoms with E-state index in [0.29, 0.717) is 10.6 Å². The van der Waals surface area contributed by atoms with Gasteiger partial charge in [-0.1, -0.05) is 29.3 Å². The Kier molecular flexibility index (Phi) is 5.68. The molecule has 8 heteroatoms. The molecule has 6 nitrogen and oxygen atoms in total. The smallest absolute Gasteiger partial charge is 0.333 e. The number of rotatable bonds is 5. The number of nitrogens with zero attached hydrogens (tertiary/aromatic N) is 2. The van der Waals surface area contributed by atoms with Crippen LogP contribution in [0.1, 0.15) is 42.3 Å². The standard InChI is InChI=1S/C18H21Cl2N3O3/c1-9(15-10(2)22-23(5)11(15)3)16(24)21-18(4,17(25)26)12-6-7-13(19)14(20)8-12/h6-9H,1-5H3,(H,21,24)(H,25,26). The molecule has 0 aliphatic heterocycles. The highest BCUT2D eigenvalue weighted by Crippen LogP contribution is 2.30. The van der Waals surface area contributed by atoms with Gasteiger partial charge < -0.3 is 10.4 Å². The average molecular weight is 398 g/mol. The summed E-state index contributed by atoms with van der Waals surface area (Å²) in [5.74, 6) is -2.18. The maximum atomic E-state index is 12.8. The minimum absolute atomic E-state index is 0.220. The molecule has 2 atom stereocenters. The topological polar surface area (TPSA) is 84.2 Å². The number of hydrogen-bond acceptors (Lipinski definition) is 3. The van der Waals surface area contributed by atoms with Crippen molar-refractivity contribution in [2.45, 2.75) is 39.2 Å². The molecule has 1 aromatic heterocycles. The Hall–Kier alpha value is -2.05. The number of amides is 1. The van der Waals surface area contributed by atoms with Gasteiger partial charge in [0, 0.05) is 18.3 Å². The number of benzene rings is 1. The van der Waals surface area contributed by atoms with Crippen molar-refractivity contribution in [2.24, 2.45) is 7.05 Å². The number of carbonyl (C=O) groups excluding carboxylic acids is 1. The molecule has 0 bridgehead atoms. The molecule has 1 heterocycles. The van der Waals surface area contributed by atoms with Crippen molar-refractivity contribution in [3.8, 4) is 0 Å². The first-order chi connectivity index (χ1) is 12.0. The van der Waals surface area contributed by atoms with E-state index in [1.165, 1.54) is 25.1 Å². The van der Waals surface area contributed by atoms with Gasteiger partial charge in [-0.3, -0.25) is 9.48 Å². The lowest BCUT2D eigenvalue weighted by Gasteiger charge is -2.28. The Morgan fingerprint density at radius 1 is 1.27 bits per heavy atom. The van der Waals surface area contributed by atoms with Gasteiger partial charge in [-0.2, -0.15) is 5.10 Å². The summed E-state index contributed by atoms with van der Waals surface area (Å²) in [5, 5.41) is 17.2. The summed E-state index contributed by atoms with van der Waals surface area (Å²) in [4.78, 5) is 24.8. The Balaban J connectivity index is 2.39. The lowest BCUT2D eigenvalue weighted by atomic mass is 9.90. The third-order valence-electron chi connectivity index (χ3n) is 4.69. The van der Waals surface area contributed by atoms with Crippen molar-refractivity contribution in [3.63, 3.8) is 0 Å². The van der Waals surface area contributed by atoms with E-state index in [9.17, 15) is 14.7 Å². The van der Waals surface area contributed by atoms with Gasteiger partial charge in [0.05, 0.1) is 21.7 Å². The molecule has 0 radical (unpaired) electrons. The predicted molar refractivity (Wildman–Crippen MR) is 101 cm³/mol. The van der Waals surface area contributed by atoms with E-state index in [0.717, 1.165) is 17.0 Å². The highest BCUT2D eigenvalue weighted by Gasteiger charge is 2.39. The summed E-state index contributed by atoms with van der Waals surface area (Å²) in [5.41, 5.74) is 1.06. The molecular formula is C18H21Cl2N3O3. The highest BCUT2D eigenvalue weighted by molar-refractivity contribution is 6.42. The second-order valence-corrected chi connectivity index (χ2v) is 7.29. The van der Waals surface area contributed by atoms with Crippen molar-refractivity contribution in [2.75, 3.05) is 0 Å². The van der Waals surface area contributed by atoms with E-state index in [4.69, 9.17) is 23.2 Å². The van der Waals surface area contributed by atoms with Crippen molar-refractivity contribution in [3.05, 3.63) is 50.8 Å². The first-order valence-electron chi connectivity index (χ1n) is 8.00. The minimum atomic E-state index is -1.65. The fourth-order valence-corrected chi connectivity index (χ4v) is 3.26. The molecule has 1 amide bonds. The second kappa shape index (κ2) is 7.29. The van der Waals surface area contributed by atoms with Gasteiger partial charge in [0.25, 0.3) is 0 Å². The fourth-order valence-electron chi connectivity index (χ4n) is 2.96. The van der Waals surface area contributed by atoms with Crippen LogP contribution >= 0.6 is 23.2 Å². The van der Waals surface area contributed by atoms with Crippen LogP contribution in [0.25, 0.3) is 0 Å². The van der Waals surface area contributed by atoms with Crippen LogP contribution in [0.15, 0.2) is 18.2 Å². The van der Waals surface area contributed by atoms with Crippen LogP contribution in [0, 0.1) is 13.8 Å². The van der Waals surface area contributed by atoms with E-state index in [2.05, 4.69) is 10.4 Å². The molecule has 1 aromatic carbocycles. The molecule has 2 aromatic rings. The first-order valence-corrected chi connectivity index (χ1v) is 8.75. The zero-order valence-electron chi connectivity index (χ0n) is 15.2. The van der Waals surface area contributed by atoms with Crippen molar-refractivity contribution in [1.82, 2.24) is 15.1 Å². The molecule has 2 rings (SSSR count). The molecule has 26 heavy (non-hydrogen) atoms. The van der Waals surface area contributed by atoms with Gasteiger partial charge >= 0.3 is 5.97 Å². The maximum Gasteiger partial charge on any atom is 0.333 e. The van der Waals surface area contributed by atoms with Crippen LogP contribution < -0.4 is 5.32 Å². The molecule has 140 valence electrons. The summed E-state index contributed by atoms with van der Waals surface area (Å²) in [7, 11) is 1.80. The van der Waals surface area contributed by atoms with E-state index < -0.39 is 23.3 Å². The molecule has 0 saturated carbocycles. The van der Waals surface area contributed by atoms with Crippen molar-refractivity contribution in [1.29, 1.82) is 0 Å². The van der Waals surface area contributed by atoms with Crippen molar-refractivity contribution >= 4 is 35.1 Å². The zero-order valence-corrected chi connectivity index (χ0v) is 16.7. The number of aliphatic carboxylic acids is 1. The van der Waals surface area contributed by atoms with Crippen LogP contribution in [-0.4, -0.2) is 26.8 Å². The summed E-state index contributed by atoms with van der Waals surface area (Å²) >= 11 is 11.9. The van der Waals surface area contributed by atoms with E-state index in [-0.39, 0.29) is 5.02 Å². The van der Waals surface area contributed by atoms with Gasteiger partial charge in [-0.25, -0.2) is 4.79 Å². The first kappa shape index (κ1) is 20.3. The van der Waals surface area contributed by atoms with Gasteiger partial charge in [0.1, 0.15) is 0 Å². The number of halogens is 2. The molecule has 2 N–H and O–H groups in total. The minimum Gasteiger partial charge on any atom is -0.479 e. The summed E-state index contributed by atoms with van der Waals surface area (Å²) in [6, 6.07) is 4.49. The lowest BCUT2D eigenvalue weighted by Crippen LogP contribution is -2.50. The summed E-state index contributed by atoms with van der Waals surface area (Å²) < 4.78 is 1.70. The van der Waals surface area contributed by atoms with Crippen LogP contribution in [-0.2, 0) is 22.2 Å². The number of aryl methyl sites for hydroxylation is 2. The van der Waals surface area contributed by atoms with Crippen molar-refractivity contribution < 1.29 is 14.7 Å². The Bertz CT molecular complexity index is 879. The Labute approximate surface area is 162 Å². The number of carboxylic acids is 1. The number of carbonyl (C=O) groups is 2. The largest absolute Gasteiger partial charge is 0.479 e. The van der Waals surface area contributed by atoms with E-state index in [1.54, 1.807) is 18.7 Å². The normalized spacial score (nSPS) is 14.6. The van der Waals surface area contributed by atoms with Gasteiger partial charge in [-0.05, 0) is 45.4 Å². The number of carboxylic acid groups (broad SMARTS) is 1. The SMILES string of the molecule is Cc1nn(C)c(C)c1C(C)C(=O)NC(C)(C(=O)O)c1ccc(Cl)c(Cl)c1. The quantitative estimate of drug-likeness (QED) is 0.807. The molecular weight excluding hydrogens is 377 g/mol. The third-order valence-corrected chi connectivity index (χ3v) is 5.43. The zero-order chi connectivity index (χ0) is 19.8. The number of nitrogens with one attached hydrogen (secondary N) is 1. The maximum absolute atomic E-state index is 12.8. The molecule has 0 spiro atoms. The Morgan fingerprint density at radius 3 is 2.35 bits per heavy atom. The second-order valence-electron chi connectivity index (χ2n) is 6.48. The highest BCUT2D eigenvalue weighted by atomic mass is 35.5. The van der Waals surface area contributed by atoms with E-state index >= 15 is 0 Å². The Morgan fingerprint density at radius 2 is 1.88 bits per heavy atom. The predicted octanol–water partition coefficient (Wildman–Crippen LogP) is 3.56. The fraction of sp³-hybridized carbons (Fsp3) is 0.389. The average Bonchev–Trinajstić information content (AvgIpc) is 2.81. The van der Waals surface area contributed by atoms with Gasteiger partial charge in [0.15, 0.2) is 5.54 Å². The number of hydrogen-bond donors (Lipinski definition) is 2. The third kappa shape index (κ3) is 3.57. The summed E-state index contributed by atoms with van der Waals surface area (Å²) in [6.07, 6.45) is 0. The van der Waals surface area contributed by atoms with E-state index in [1.807, 2.05) is 13.8 Å². The molecule has 0 saturated heterocycles.